The van der Waals surface area contributed by atoms with Crippen LogP contribution >= 0.6 is 0 Å². The number of hydrogen-bond donors (Lipinski definition) is 0. The molecule has 0 unspecified atom stereocenters. The Bertz CT molecular complexity index is 941. The number of hydrogen-bond acceptors (Lipinski definition) is 3. The fourth-order valence-electron chi connectivity index (χ4n) is 2.75. The van der Waals surface area contributed by atoms with Crippen LogP contribution in [0.4, 0.5) is 0 Å². The van der Waals surface area contributed by atoms with Crippen LogP contribution in [0.5, 0.6) is 0 Å². The van der Waals surface area contributed by atoms with Crippen LogP contribution in [0.2, 0.25) is 0 Å². The third-order valence-electron chi connectivity index (χ3n) is 3.95. The van der Waals surface area contributed by atoms with Gasteiger partial charge in [0.15, 0.2) is 12.4 Å². The second-order valence-electron chi connectivity index (χ2n) is 5.81. The molecular formula is C21H17N4+. The van der Waals surface area contributed by atoms with E-state index in [1.165, 1.54) is 0 Å². The van der Waals surface area contributed by atoms with Crippen molar-refractivity contribution in [3.05, 3.63) is 85.5 Å². The van der Waals surface area contributed by atoms with Gasteiger partial charge in [-0.3, -0.25) is 9.97 Å². The fourth-order valence-corrected chi connectivity index (χ4v) is 2.75. The summed E-state index contributed by atoms with van der Waals surface area (Å²) in [5.74, 6) is 0. The molecule has 4 rings (SSSR count). The monoisotopic (exact) mass is 325 g/mol. The first-order valence-electron chi connectivity index (χ1n) is 8.10. The van der Waals surface area contributed by atoms with Crippen molar-refractivity contribution in [1.82, 2.24) is 15.0 Å². The molecule has 4 heteroatoms. The van der Waals surface area contributed by atoms with E-state index in [4.69, 9.17) is 4.98 Å². The predicted molar refractivity (Wildman–Crippen MR) is 97.3 cm³/mol. The largest absolute Gasteiger partial charge is 0.255 e. The van der Waals surface area contributed by atoms with E-state index in [1.807, 2.05) is 60.3 Å². The molecule has 0 aromatic carbocycles. The zero-order valence-electron chi connectivity index (χ0n) is 13.9. The lowest BCUT2D eigenvalue weighted by molar-refractivity contribution is -0.671. The van der Waals surface area contributed by atoms with Crippen molar-refractivity contribution in [1.29, 1.82) is 0 Å². The summed E-state index contributed by atoms with van der Waals surface area (Å²) < 4.78 is 2.04. The van der Waals surface area contributed by atoms with Gasteiger partial charge in [0.1, 0.15) is 7.05 Å². The summed E-state index contributed by atoms with van der Waals surface area (Å²) in [4.78, 5) is 13.7. The molecule has 0 saturated heterocycles. The summed E-state index contributed by atoms with van der Waals surface area (Å²) >= 11 is 0. The molecule has 0 atom stereocenters. The van der Waals surface area contributed by atoms with Crippen molar-refractivity contribution in [3.63, 3.8) is 0 Å². The number of nitrogens with zero attached hydrogens (tertiary/aromatic N) is 4. The third kappa shape index (κ3) is 3.28. The molecule has 25 heavy (non-hydrogen) atoms. The maximum absolute atomic E-state index is 4.79. The minimum absolute atomic E-state index is 0.838. The first-order valence-corrected chi connectivity index (χ1v) is 8.10. The minimum Gasteiger partial charge on any atom is -0.255 e. The SMILES string of the molecule is C[n+]1cccc(-c2cc(-c3ccccn3)nc(-c3ccccn3)c2)c1. The molecule has 0 fully saturated rings. The Kier molecular flexibility index (Phi) is 4.01. The number of aromatic nitrogens is 4. The van der Waals surface area contributed by atoms with Crippen molar-refractivity contribution in [2.45, 2.75) is 0 Å². The highest BCUT2D eigenvalue weighted by Gasteiger charge is 2.11. The third-order valence-corrected chi connectivity index (χ3v) is 3.95. The Balaban J connectivity index is 1.92. The van der Waals surface area contributed by atoms with E-state index in [-0.39, 0.29) is 0 Å². The lowest BCUT2D eigenvalue weighted by Crippen LogP contribution is -2.26. The summed E-state index contributed by atoms with van der Waals surface area (Å²) in [5, 5.41) is 0. The molecule has 0 bridgehead atoms. The van der Waals surface area contributed by atoms with Gasteiger partial charge in [-0.15, -0.1) is 0 Å². The Morgan fingerprint density at radius 2 is 1.32 bits per heavy atom. The fraction of sp³-hybridized carbons (Fsp3) is 0.0476. The summed E-state index contributed by atoms with van der Waals surface area (Å²) in [6, 6.07) is 20.0. The van der Waals surface area contributed by atoms with Crippen LogP contribution in [0.15, 0.2) is 85.5 Å². The average Bonchev–Trinajstić information content (AvgIpc) is 2.69. The Morgan fingerprint density at radius 1 is 0.680 bits per heavy atom. The summed E-state index contributed by atoms with van der Waals surface area (Å²) in [6.07, 6.45) is 7.68. The number of aryl methyl sites for hydroxylation is 1. The van der Waals surface area contributed by atoms with E-state index in [1.54, 1.807) is 12.4 Å². The molecule has 0 N–H and O–H groups in total. The van der Waals surface area contributed by atoms with Gasteiger partial charge < -0.3 is 0 Å². The van der Waals surface area contributed by atoms with Gasteiger partial charge in [-0.05, 0) is 48.0 Å². The normalized spacial score (nSPS) is 10.6. The van der Waals surface area contributed by atoms with Crippen molar-refractivity contribution in [2.75, 3.05) is 0 Å². The molecular weight excluding hydrogens is 308 g/mol. The van der Waals surface area contributed by atoms with Gasteiger partial charge >= 0.3 is 0 Å². The highest BCUT2D eigenvalue weighted by atomic mass is 14.9. The van der Waals surface area contributed by atoms with E-state index in [9.17, 15) is 0 Å². The summed E-state index contributed by atoms with van der Waals surface area (Å²) in [6.45, 7) is 0. The maximum atomic E-state index is 4.79. The Labute approximate surface area is 146 Å². The first-order chi connectivity index (χ1) is 12.3. The molecule has 4 aromatic heterocycles. The summed E-state index contributed by atoms with van der Waals surface area (Å²) in [7, 11) is 2.02. The van der Waals surface area contributed by atoms with Gasteiger partial charge in [-0.1, -0.05) is 12.1 Å². The van der Waals surface area contributed by atoms with Crippen molar-refractivity contribution >= 4 is 0 Å². The molecule has 0 saturated carbocycles. The molecule has 0 aliphatic rings. The van der Waals surface area contributed by atoms with Crippen LogP contribution in [-0.4, -0.2) is 15.0 Å². The average molecular weight is 325 g/mol. The van der Waals surface area contributed by atoms with Crippen LogP contribution in [0.25, 0.3) is 33.9 Å². The van der Waals surface area contributed by atoms with Crippen molar-refractivity contribution < 1.29 is 4.57 Å². The minimum atomic E-state index is 0.838. The molecule has 0 aliphatic carbocycles. The molecule has 4 aromatic rings. The molecule has 0 aliphatic heterocycles. The second kappa shape index (κ2) is 6.61. The van der Waals surface area contributed by atoms with E-state index in [0.717, 1.165) is 33.9 Å². The predicted octanol–water partition coefficient (Wildman–Crippen LogP) is 3.70. The van der Waals surface area contributed by atoms with Gasteiger partial charge in [0, 0.05) is 24.0 Å². The smallest absolute Gasteiger partial charge is 0.176 e. The quantitative estimate of drug-likeness (QED) is 0.539. The molecule has 4 nitrogen and oxygen atoms in total. The molecule has 4 heterocycles. The van der Waals surface area contributed by atoms with Crippen LogP contribution in [0.1, 0.15) is 0 Å². The van der Waals surface area contributed by atoms with Gasteiger partial charge in [0.25, 0.3) is 0 Å². The topological polar surface area (TPSA) is 42.5 Å². The second-order valence-corrected chi connectivity index (χ2v) is 5.81. The van der Waals surface area contributed by atoms with Gasteiger partial charge in [0.05, 0.1) is 22.8 Å². The molecule has 120 valence electrons. The van der Waals surface area contributed by atoms with Crippen molar-refractivity contribution in [2.24, 2.45) is 7.05 Å². The number of rotatable bonds is 3. The van der Waals surface area contributed by atoms with Gasteiger partial charge in [-0.2, -0.15) is 0 Å². The molecule has 0 spiro atoms. The van der Waals surface area contributed by atoms with E-state index >= 15 is 0 Å². The molecule has 0 amide bonds. The highest BCUT2D eigenvalue weighted by Crippen LogP contribution is 2.28. The van der Waals surface area contributed by atoms with Crippen LogP contribution in [0.3, 0.4) is 0 Å². The molecule has 0 radical (unpaired) electrons. The van der Waals surface area contributed by atoms with Crippen LogP contribution in [0, 0.1) is 0 Å². The van der Waals surface area contributed by atoms with Gasteiger partial charge in [0.2, 0.25) is 0 Å². The van der Waals surface area contributed by atoms with Gasteiger partial charge in [-0.25, -0.2) is 9.55 Å². The Hall–Kier alpha value is -3.40. The highest BCUT2D eigenvalue weighted by molar-refractivity contribution is 5.73. The van der Waals surface area contributed by atoms with E-state index in [0.29, 0.717) is 0 Å². The van der Waals surface area contributed by atoms with Crippen LogP contribution < -0.4 is 4.57 Å². The van der Waals surface area contributed by atoms with E-state index in [2.05, 4.69) is 34.4 Å². The summed E-state index contributed by atoms with van der Waals surface area (Å²) in [5.41, 5.74) is 5.59. The van der Waals surface area contributed by atoms with Crippen molar-refractivity contribution in [3.8, 4) is 33.9 Å². The maximum Gasteiger partial charge on any atom is 0.176 e. The lowest BCUT2D eigenvalue weighted by Gasteiger charge is -2.08. The Morgan fingerprint density at radius 3 is 1.84 bits per heavy atom. The standard InChI is InChI=1S/C21H17N4/c1-25-12-6-7-16(15-25)17-13-20(18-8-2-4-10-22-18)24-21(14-17)19-9-3-5-11-23-19/h2-15H,1H3/q+1. The van der Waals surface area contributed by atoms with Crippen LogP contribution in [-0.2, 0) is 7.05 Å². The lowest BCUT2D eigenvalue weighted by atomic mass is 10.0. The zero-order chi connectivity index (χ0) is 17.1. The van der Waals surface area contributed by atoms with E-state index < -0.39 is 0 Å². The first kappa shape index (κ1) is 15.1. The number of pyridine rings is 4. The zero-order valence-corrected chi connectivity index (χ0v) is 13.9.